The SMILES string of the molecule is O[C@@H]1CCc2ccc(cc2)CCc2ccc(cc2)C1. The Balaban J connectivity index is 1.87. The quantitative estimate of drug-likeness (QED) is 0.762. The average molecular weight is 252 g/mol. The lowest BCUT2D eigenvalue weighted by Crippen LogP contribution is -2.12. The minimum atomic E-state index is -0.242. The van der Waals surface area contributed by atoms with Crippen molar-refractivity contribution in [2.24, 2.45) is 0 Å². The van der Waals surface area contributed by atoms with Crippen molar-refractivity contribution in [1.29, 1.82) is 0 Å². The van der Waals surface area contributed by atoms with Crippen LogP contribution in [-0.2, 0) is 25.7 Å². The summed E-state index contributed by atoms with van der Waals surface area (Å²) in [6.07, 6.45) is 4.50. The van der Waals surface area contributed by atoms with Crippen molar-refractivity contribution < 1.29 is 5.11 Å². The summed E-state index contributed by atoms with van der Waals surface area (Å²) < 4.78 is 0. The molecule has 1 nitrogen and oxygen atoms in total. The van der Waals surface area contributed by atoms with Gasteiger partial charge in [-0.1, -0.05) is 48.5 Å². The number of rotatable bonds is 0. The van der Waals surface area contributed by atoms with Gasteiger partial charge in [0, 0.05) is 0 Å². The molecule has 0 fully saturated rings. The standard InChI is InChI=1S/C18H20O/c19-18-12-11-16-5-3-14(4-6-16)1-2-15-7-9-17(13-18)10-8-15/h3-10,18-19H,1-2,11-13H2/t18-/m1/s1. The predicted octanol–water partition coefficient (Wildman–Crippen LogP) is 3.32. The highest BCUT2D eigenvalue weighted by Gasteiger charge is 2.07. The molecule has 0 aromatic heterocycles. The van der Waals surface area contributed by atoms with Crippen molar-refractivity contribution in [3.8, 4) is 0 Å². The van der Waals surface area contributed by atoms with Gasteiger partial charge in [0.25, 0.3) is 0 Å². The van der Waals surface area contributed by atoms with E-state index >= 15 is 0 Å². The maximum absolute atomic E-state index is 10.1. The first-order valence-electron chi connectivity index (χ1n) is 7.13. The van der Waals surface area contributed by atoms with E-state index in [1.54, 1.807) is 0 Å². The fourth-order valence-corrected chi connectivity index (χ4v) is 2.71. The summed E-state index contributed by atoms with van der Waals surface area (Å²) in [5, 5.41) is 10.1. The molecule has 1 atom stereocenters. The van der Waals surface area contributed by atoms with E-state index in [4.69, 9.17) is 0 Å². The fourth-order valence-electron chi connectivity index (χ4n) is 2.71. The van der Waals surface area contributed by atoms with Crippen LogP contribution in [0.3, 0.4) is 0 Å². The number of benzene rings is 2. The number of aliphatic hydroxyl groups excluding tert-OH is 1. The highest BCUT2D eigenvalue weighted by atomic mass is 16.3. The van der Waals surface area contributed by atoms with Crippen molar-refractivity contribution >= 4 is 0 Å². The molecule has 98 valence electrons. The predicted molar refractivity (Wildman–Crippen MR) is 78.3 cm³/mol. The molecule has 1 N–H and O–H groups in total. The van der Waals surface area contributed by atoms with Crippen molar-refractivity contribution in [2.75, 3.05) is 0 Å². The van der Waals surface area contributed by atoms with Crippen LogP contribution in [0.4, 0.5) is 0 Å². The lowest BCUT2D eigenvalue weighted by molar-refractivity contribution is 0.165. The van der Waals surface area contributed by atoms with Crippen molar-refractivity contribution in [1.82, 2.24) is 0 Å². The van der Waals surface area contributed by atoms with E-state index < -0.39 is 0 Å². The van der Waals surface area contributed by atoms with E-state index in [0.717, 1.165) is 32.1 Å². The van der Waals surface area contributed by atoms with Gasteiger partial charge in [0.05, 0.1) is 6.10 Å². The third-order valence-electron chi connectivity index (χ3n) is 3.99. The van der Waals surface area contributed by atoms with Crippen molar-refractivity contribution in [2.45, 2.75) is 38.2 Å². The zero-order valence-electron chi connectivity index (χ0n) is 11.2. The Kier molecular flexibility index (Phi) is 3.65. The minimum absolute atomic E-state index is 0.242. The highest BCUT2D eigenvalue weighted by Crippen LogP contribution is 2.15. The Bertz CT molecular complexity index is 525. The highest BCUT2D eigenvalue weighted by molar-refractivity contribution is 5.27. The van der Waals surface area contributed by atoms with Gasteiger partial charge in [0.2, 0.25) is 0 Å². The molecule has 0 saturated heterocycles. The number of hydrogen-bond donors (Lipinski definition) is 1. The molecule has 0 aliphatic heterocycles. The Morgan fingerprint density at radius 2 is 1.05 bits per heavy atom. The third-order valence-corrected chi connectivity index (χ3v) is 3.99. The molecular weight excluding hydrogens is 232 g/mol. The molecule has 6 rings (SSSR count). The van der Waals surface area contributed by atoms with Crippen LogP contribution in [0, 0.1) is 0 Å². The normalized spacial score (nSPS) is 19.3. The van der Waals surface area contributed by atoms with E-state index in [-0.39, 0.29) is 6.10 Å². The van der Waals surface area contributed by atoms with Crippen LogP contribution in [-0.4, -0.2) is 11.2 Å². The van der Waals surface area contributed by atoms with E-state index in [0.29, 0.717) is 0 Å². The van der Waals surface area contributed by atoms with Crippen LogP contribution in [0.15, 0.2) is 48.5 Å². The molecule has 4 aliphatic carbocycles. The molecule has 0 amide bonds. The van der Waals surface area contributed by atoms with Gasteiger partial charge < -0.3 is 5.11 Å². The van der Waals surface area contributed by atoms with Gasteiger partial charge in [-0.15, -0.1) is 0 Å². The molecule has 1 heteroatoms. The van der Waals surface area contributed by atoms with Crippen LogP contribution in [0.2, 0.25) is 0 Å². The monoisotopic (exact) mass is 252 g/mol. The van der Waals surface area contributed by atoms with Gasteiger partial charge in [-0.3, -0.25) is 0 Å². The molecule has 4 bridgehead atoms. The van der Waals surface area contributed by atoms with Gasteiger partial charge >= 0.3 is 0 Å². The largest absolute Gasteiger partial charge is 0.393 e. The first-order chi connectivity index (χ1) is 9.29. The second-order valence-corrected chi connectivity index (χ2v) is 5.53. The Hall–Kier alpha value is -1.60. The van der Waals surface area contributed by atoms with E-state index in [1.165, 1.54) is 22.3 Å². The summed E-state index contributed by atoms with van der Waals surface area (Å²) in [5.74, 6) is 0. The minimum Gasteiger partial charge on any atom is -0.393 e. The number of aliphatic hydroxyl groups is 1. The van der Waals surface area contributed by atoms with Crippen molar-refractivity contribution in [3.05, 3.63) is 70.8 Å². The second-order valence-electron chi connectivity index (χ2n) is 5.53. The third kappa shape index (κ3) is 3.24. The van der Waals surface area contributed by atoms with Gasteiger partial charge in [-0.05, 0) is 54.4 Å². The molecule has 0 saturated carbocycles. The Labute approximate surface area is 114 Å². The summed E-state index contributed by atoms with van der Waals surface area (Å²) in [4.78, 5) is 0. The Morgan fingerprint density at radius 1 is 0.632 bits per heavy atom. The summed E-state index contributed by atoms with van der Waals surface area (Å²) in [7, 11) is 0. The number of hydrogen-bond acceptors (Lipinski definition) is 1. The van der Waals surface area contributed by atoms with Crippen LogP contribution in [0.25, 0.3) is 0 Å². The molecule has 19 heavy (non-hydrogen) atoms. The molecule has 4 aliphatic rings. The van der Waals surface area contributed by atoms with Gasteiger partial charge in [0.15, 0.2) is 0 Å². The molecule has 0 unspecified atom stereocenters. The van der Waals surface area contributed by atoms with Crippen LogP contribution in [0.1, 0.15) is 28.7 Å². The molecule has 0 heterocycles. The second kappa shape index (κ2) is 5.58. The van der Waals surface area contributed by atoms with E-state index in [2.05, 4.69) is 48.5 Å². The van der Waals surface area contributed by atoms with Crippen LogP contribution in [0.5, 0.6) is 0 Å². The summed E-state index contributed by atoms with van der Waals surface area (Å²) in [6, 6.07) is 17.6. The van der Waals surface area contributed by atoms with Crippen LogP contribution >= 0.6 is 0 Å². The first kappa shape index (κ1) is 12.4. The van der Waals surface area contributed by atoms with E-state index in [9.17, 15) is 5.11 Å². The van der Waals surface area contributed by atoms with Gasteiger partial charge in [0.1, 0.15) is 0 Å². The Morgan fingerprint density at radius 3 is 1.58 bits per heavy atom. The van der Waals surface area contributed by atoms with Crippen LogP contribution < -0.4 is 0 Å². The van der Waals surface area contributed by atoms with Gasteiger partial charge in [-0.25, -0.2) is 0 Å². The summed E-state index contributed by atoms with van der Waals surface area (Å²) in [5.41, 5.74) is 5.33. The number of aryl methyl sites for hydroxylation is 3. The maximum Gasteiger partial charge on any atom is 0.0583 e. The van der Waals surface area contributed by atoms with Gasteiger partial charge in [-0.2, -0.15) is 0 Å². The maximum atomic E-state index is 10.1. The first-order valence-corrected chi connectivity index (χ1v) is 7.13. The smallest absolute Gasteiger partial charge is 0.0583 e. The van der Waals surface area contributed by atoms with Crippen molar-refractivity contribution in [3.63, 3.8) is 0 Å². The molecule has 0 spiro atoms. The lowest BCUT2D eigenvalue weighted by Gasteiger charge is -2.13. The molecule has 2 aromatic carbocycles. The topological polar surface area (TPSA) is 20.2 Å². The fraction of sp³-hybridized carbons (Fsp3) is 0.333. The summed E-state index contributed by atoms with van der Waals surface area (Å²) >= 11 is 0. The molecule has 2 aromatic rings. The molecule has 0 radical (unpaired) electrons. The molecular formula is C18H20O. The lowest BCUT2D eigenvalue weighted by atomic mass is 9.96. The average Bonchev–Trinajstić information content (AvgIpc) is 2.45. The zero-order valence-corrected chi connectivity index (χ0v) is 11.2. The van der Waals surface area contributed by atoms with E-state index in [1.807, 2.05) is 0 Å². The zero-order chi connectivity index (χ0) is 13.1. The summed E-state index contributed by atoms with van der Waals surface area (Å²) in [6.45, 7) is 0.